The molecule has 1 saturated carbocycles. The van der Waals surface area contributed by atoms with Crippen molar-refractivity contribution in [1.29, 1.82) is 0 Å². The summed E-state index contributed by atoms with van der Waals surface area (Å²) in [6.07, 6.45) is 6.76. The van der Waals surface area contributed by atoms with Crippen molar-refractivity contribution in [2.24, 2.45) is 10.4 Å². The van der Waals surface area contributed by atoms with Crippen LogP contribution in [0.1, 0.15) is 128 Å². The van der Waals surface area contributed by atoms with Crippen molar-refractivity contribution in [2.45, 2.75) is 98.1 Å². The van der Waals surface area contributed by atoms with Crippen molar-refractivity contribution in [3.8, 4) is 11.1 Å². The van der Waals surface area contributed by atoms with E-state index < -0.39 is 11.0 Å². The number of hydrogen-bond acceptors (Lipinski definition) is 5. The van der Waals surface area contributed by atoms with Gasteiger partial charge in [-0.25, -0.2) is 4.90 Å². The molecule has 5 rings (SSSR count). The molecule has 0 N–H and O–H groups in total. The summed E-state index contributed by atoms with van der Waals surface area (Å²) in [7, 11) is 0. The lowest BCUT2D eigenvalue weighted by atomic mass is 9.87. The predicted molar refractivity (Wildman–Crippen MR) is 156 cm³/mol. The fourth-order valence-corrected chi connectivity index (χ4v) is 5.82. The summed E-state index contributed by atoms with van der Waals surface area (Å²) < 4.78 is 0. The van der Waals surface area contributed by atoms with E-state index >= 15 is 0 Å². The molecule has 2 heterocycles. The van der Waals surface area contributed by atoms with Gasteiger partial charge in [0.1, 0.15) is 5.84 Å². The number of aliphatic imine (C=N–C) groups is 1. The van der Waals surface area contributed by atoms with Gasteiger partial charge in [-0.2, -0.15) is 0 Å². The van der Waals surface area contributed by atoms with Gasteiger partial charge in [0.25, 0.3) is 23.6 Å². The number of carbonyl (C=O) groups excluding carboxylic acids is 4. The standard InChI is InChI=1S/C33H39N3O4/c1-7-32(3,4)31(34-22-12-10-9-11-13-22)35-27(37)23-16-14-20(18-25(23)28(35)38)21-15-17-24-26(19-21)30(40)36(29(24)39)33(5,6)8-2/h14-19,22H,7-13H2,1-6H3/b34-31+. The van der Waals surface area contributed by atoms with Gasteiger partial charge < -0.3 is 0 Å². The summed E-state index contributed by atoms with van der Waals surface area (Å²) >= 11 is 0. The molecule has 0 spiro atoms. The molecule has 2 aromatic carbocycles. The van der Waals surface area contributed by atoms with Crippen LogP contribution in [0.2, 0.25) is 0 Å². The van der Waals surface area contributed by atoms with E-state index in [0.717, 1.165) is 32.1 Å². The lowest BCUT2D eigenvalue weighted by Gasteiger charge is -2.32. The van der Waals surface area contributed by atoms with Crippen molar-refractivity contribution in [1.82, 2.24) is 9.80 Å². The number of imide groups is 2. The molecule has 40 heavy (non-hydrogen) atoms. The predicted octanol–water partition coefficient (Wildman–Crippen LogP) is 6.90. The number of rotatable bonds is 6. The maximum atomic E-state index is 13.8. The molecule has 2 aromatic rings. The van der Waals surface area contributed by atoms with Crippen molar-refractivity contribution < 1.29 is 19.2 Å². The van der Waals surface area contributed by atoms with Crippen LogP contribution in [0.5, 0.6) is 0 Å². The highest BCUT2D eigenvalue weighted by atomic mass is 16.2. The van der Waals surface area contributed by atoms with Crippen LogP contribution in [0.15, 0.2) is 41.4 Å². The Hall–Kier alpha value is -3.61. The fraction of sp³-hybridized carbons (Fsp3) is 0.485. The Morgan fingerprint density at radius 1 is 0.725 bits per heavy atom. The van der Waals surface area contributed by atoms with E-state index in [-0.39, 0.29) is 29.7 Å². The Balaban J connectivity index is 1.50. The SMILES string of the molecule is CCC(C)(C)/C(=N\C1CCCCC1)N1C(=O)c2ccc(-c3ccc4c(c3)C(=O)N(C(C)(C)CC)C4=O)cc2C1=O. The number of benzene rings is 2. The molecule has 7 heteroatoms. The maximum absolute atomic E-state index is 13.8. The van der Waals surface area contributed by atoms with Crippen LogP contribution >= 0.6 is 0 Å². The first-order valence-corrected chi connectivity index (χ1v) is 14.6. The normalized spacial score (nSPS) is 18.6. The van der Waals surface area contributed by atoms with E-state index in [1.54, 1.807) is 36.4 Å². The van der Waals surface area contributed by atoms with Gasteiger partial charge in [0.05, 0.1) is 28.3 Å². The van der Waals surface area contributed by atoms with Crippen LogP contribution in [0.4, 0.5) is 0 Å². The largest absolute Gasteiger partial charge is 0.269 e. The Labute approximate surface area is 236 Å². The van der Waals surface area contributed by atoms with Gasteiger partial charge in [0.2, 0.25) is 0 Å². The average Bonchev–Trinajstić information content (AvgIpc) is 3.35. The number of amidine groups is 1. The zero-order valence-corrected chi connectivity index (χ0v) is 24.5. The van der Waals surface area contributed by atoms with E-state index in [0.29, 0.717) is 45.6 Å². The molecule has 0 saturated heterocycles. The van der Waals surface area contributed by atoms with Gasteiger partial charge in [-0.15, -0.1) is 0 Å². The molecule has 0 bridgehead atoms. The second-order valence-electron chi connectivity index (χ2n) is 12.6. The zero-order valence-electron chi connectivity index (χ0n) is 24.5. The lowest BCUT2D eigenvalue weighted by Crippen LogP contribution is -2.47. The van der Waals surface area contributed by atoms with Crippen molar-refractivity contribution in [2.75, 3.05) is 0 Å². The Morgan fingerprint density at radius 2 is 1.23 bits per heavy atom. The summed E-state index contributed by atoms with van der Waals surface area (Å²) in [4.78, 5) is 61.4. The second-order valence-corrected chi connectivity index (χ2v) is 12.6. The van der Waals surface area contributed by atoms with E-state index in [1.807, 2.05) is 34.6 Å². The average molecular weight is 542 g/mol. The minimum atomic E-state index is -0.597. The van der Waals surface area contributed by atoms with Crippen LogP contribution in [-0.2, 0) is 0 Å². The molecule has 0 atom stereocenters. The smallest absolute Gasteiger partial charge is 0.267 e. The van der Waals surface area contributed by atoms with Gasteiger partial charge in [0.15, 0.2) is 0 Å². The van der Waals surface area contributed by atoms with Crippen LogP contribution in [0.25, 0.3) is 11.1 Å². The van der Waals surface area contributed by atoms with Crippen molar-refractivity contribution >= 4 is 29.5 Å². The van der Waals surface area contributed by atoms with E-state index in [9.17, 15) is 19.2 Å². The van der Waals surface area contributed by atoms with Gasteiger partial charge in [-0.1, -0.05) is 59.1 Å². The zero-order chi connectivity index (χ0) is 29.0. The minimum Gasteiger partial charge on any atom is -0.269 e. The molecule has 4 amide bonds. The number of fused-ring (bicyclic) bond motifs is 2. The Kier molecular flexibility index (Phi) is 7.05. The van der Waals surface area contributed by atoms with E-state index in [4.69, 9.17) is 4.99 Å². The van der Waals surface area contributed by atoms with Crippen LogP contribution in [0, 0.1) is 5.41 Å². The van der Waals surface area contributed by atoms with Crippen LogP contribution < -0.4 is 0 Å². The minimum absolute atomic E-state index is 0.123. The summed E-state index contributed by atoms with van der Waals surface area (Å²) in [5, 5.41) is 0. The molecule has 0 radical (unpaired) electrons. The first-order valence-electron chi connectivity index (χ1n) is 14.6. The highest BCUT2D eigenvalue weighted by molar-refractivity contribution is 6.30. The Morgan fingerprint density at radius 3 is 1.77 bits per heavy atom. The molecular formula is C33H39N3O4. The lowest BCUT2D eigenvalue weighted by molar-refractivity contribution is 0.0473. The van der Waals surface area contributed by atoms with E-state index in [2.05, 4.69) is 6.92 Å². The first-order chi connectivity index (χ1) is 18.9. The van der Waals surface area contributed by atoms with Gasteiger partial charge in [-0.05, 0) is 74.9 Å². The number of carbonyl (C=O) groups is 4. The molecule has 210 valence electrons. The summed E-state index contributed by atoms with van der Waals surface area (Å²) in [5.74, 6) is -0.740. The van der Waals surface area contributed by atoms with Gasteiger partial charge in [-0.3, -0.25) is 29.1 Å². The summed E-state index contributed by atoms with van der Waals surface area (Å²) in [6, 6.07) is 10.5. The molecule has 1 fully saturated rings. The third-order valence-corrected chi connectivity index (χ3v) is 9.16. The number of amides is 4. The summed E-state index contributed by atoms with van der Waals surface area (Å²) in [6.45, 7) is 11.8. The second kappa shape index (κ2) is 10.1. The van der Waals surface area contributed by atoms with Crippen LogP contribution in [-0.4, -0.2) is 50.8 Å². The monoisotopic (exact) mass is 541 g/mol. The third kappa shape index (κ3) is 4.49. The third-order valence-electron chi connectivity index (χ3n) is 9.16. The molecule has 2 aliphatic heterocycles. The van der Waals surface area contributed by atoms with Crippen molar-refractivity contribution in [3.05, 3.63) is 58.7 Å². The number of hydrogen-bond donors (Lipinski definition) is 0. The van der Waals surface area contributed by atoms with Gasteiger partial charge in [0, 0.05) is 11.0 Å². The molecular weight excluding hydrogens is 502 g/mol. The Bertz CT molecular complexity index is 1450. The molecule has 0 unspecified atom stereocenters. The molecule has 3 aliphatic rings. The maximum Gasteiger partial charge on any atom is 0.267 e. The fourth-order valence-electron chi connectivity index (χ4n) is 5.82. The molecule has 0 aromatic heterocycles. The quantitative estimate of drug-likeness (QED) is 0.226. The highest BCUT2D eigenvalue weighted by Gasteiger charge is 2.45. The molecule has 1 aliphatic carbocycles. The summed E-state index contributed by atoms with van der Waals surface area (Å²) in [5.41, 5.74) is 1.82. The van der Waals surface area contributed by atoms with Gasteiger partial charge >= 0.3 is 0 Å². The van der Waals surface area contributed by atoms with E-state index in [1.165, 1.54) is 16.2 Å². The highest BCUT2D eigenvalue weighted by Crippen LogP contribution is 2.37. The number of nitrogens with zero attached hydrogens (tertiary/aromatic N) is 3. The topological polar surface area (TPSA) is 87.1 Å². The molecule has 7 nitrogen and oxygen atoms in total. The van der Waals surface area contributed by atoms with Crippen molar-refractivity contribution in [3.63, 3.8) is 0 Å². The first kappa shape index (κ1) is 27.9. The van der Waals surface area contributed by atoms with Crippen LogP contribution in [0.3, 0.4) is 0 Å².